The molecule has 1 rings (SSSR count). The lowest BCUT2D eigenvalue weighted by Crippen LogP contribution is -2.09. The zero-order valence-corrected chi connectivity index (χ0v) is 10.7. The molecule has 0 bridgehead atoms. The van der Waals surface area contributed by atoms with Crippen molar-refractivity contribution in [1.82, 2.24) is 0 Å². The highest BCUT2D eigenvalue weighted by Crippen LogP contribution is 2.22. The van der Waals surface area contributed by atoms with Crippen LogP contribution in [0.5, 0.6) is 5.75 Å². The van der Waals surface area contributed by atoms with Gasteiger partial charge in [-0.25, -0.2) is 13.6 Å². The minimum atomic E-state index is -1.06. The number of ether oxygens (including phenoxy) is 2. The third kappa shape index (κ3) is 4.31. The molecule has 4 nitrogen and oxygen atoms in total. The number of hydrogen-bond donors (Lipinski definition) is 0. The van der Waals surface area contributed by atoms with Gasteiger partial charge in [-0.15, -0.1) is 0 Å². The number of carbonyl (C=O) groups is 2. The van der Waals surface area contributed by atoms with Gasteiger partial charge in [-0.05, 0) is 6.42 Å². The summed E-state index contributed by atoms with van der Waals surface area (Å²) in [5.74, 6) is -2.08. The molecule has 0 spiro atoms. The van der Waals surface area contributed by atoms with Crippen molar-refractivity contribution in [3.05, 3.63) is 29.3 Å². The van der Waals surface area contributed by atoms with Gasteiger partial charge in [0, 0.05) is 30.5 Å². The number of carbonyl (C=O) groups excluding carboxylic acids is 2. The SMILES string of the molecule is CCC(=O)CCc1c(F)cc(OC(=O)OC)cc1F. The Morgan fingerprint density at radius 3 is 2.26 bits per heavy atom. The van der Waals surface area contributed by atoms with E-state index >= 15 is 0 Å². The molecule has 0 heterocycles. The van der Waals surface area contributed by atoms with Gasteiger partial charge in [-0.3, -0.25) is 4.79 Å². The van der Waals surface area contributed by atoms with E-state index in [-0.39, 0.29) is 29.9 Å². The van der Waals surface area contributed by atoms with Crippen molar-refractivity contribution >= 4 is 11.9 Å². The van der Waals surface area contributed by atoms with E-state index in [4.69, 9.17) is 0 Å². The van der Waals surface area contributed by atoms with E-state index in [9.17, 15) is 18.4 Å². The number of Topliss-reactive ketones (excluding diaryl/α,β-unsaturated/α-hetero) is 1. The van der Waals surface area contributed by atoms with E-state index in [0.717, 1.165) is 19.2 Å². The Morgan fingerprint density at radius 2 is 1.79 bits per heavy atom. The second-order valence-electron chi connectivity index (χ2n) is 3.81. The van der Waals surface area contributed by atoms with Crippen LogP contribution in [0.4, 0.5) is 13.6 Å². The van der Waals surface area contributed by atoms with Crippen LogP contribution >= 0.6 is 0 Å². The molecular weight excluding hydrogens is 258 g/mol. The Balaban J connectivity index is 2.85. The minimum Gasteiger partial charge on any atom is -0.437 e. The van der Waals surface area contributed by atoms with Crippen molar-refractivity contribution < 1.29 is 27.8 Å². The van der Waals surface area contributed by atoms with Crippen molar-refractivity contribution in [1.29, 1.82) is 0 Å². The van der Waals surface area contributed by atoms with E-state index < -0.39 is 17.8 Å². The van der Waals surface area contributed by atoms with Gasteiger partial charge in [0.15, 0.2) is 0 Å². The molecule has 6 heteroatoms. The average molecular weight is 272 g/mol. The Kier molecular flexibility index (Phi) is 5.41. The first-order valence-electron chi connectivity index (χ1n) is 5.73. The van der Waals surface area contributed by atoms with Gasteiger partial charge in [0.25, 0.3) is 0 Å². The summed E-state index contributed by atoms with van der Waals surface area (Å²) < 4.78 is 36.0. The van der Waals surface area contributed by atoms with Crippen LogP contribution in [0.3, 0.4) is 0 Å². The molecule has 0 aliphatic rings. The molecule has 0 atom stereocenters. The molecule has 0 aliphatic carbocycles. The zero-order chi connectivity index (χ0) is 14.4. The Bertz CT molecular complexity index is 463. The van der Waals surface area contributed by atoms with Crippen LogP contribution in [0.1, 0.15) is 25.3 Å². The van der Waals surface area contributed by atoms with Gasteiger partial charge >= 0.3 is 6.16 Å². The summed E-state index contributed by atoms with van der Waals surface area (Å²) >= 11 is 0. The van der Waals surface area contributed by atoms with Gasteiger partial charge in [0.1, 0.15) is 23.2 Å². The van der Waals surface area contributed by atoms with Gasteiger partial charge < -0.3 is 9.47 Å². The maximum absolute atomic E-state index is 13.6. The fourth-order valence-corrected chi connectivity index (χ4v) is 1.46. The van der Waals surface area contributed by atoms with Crippen molar-refractivity contribution in [2.24, 2.45) is 0 Å². The molecule has 0 aliphatic heterocycles. The maximum Gasteiger partial charge on any atom is 0.513 e. The van der Waals surface area contributed by atoms with E-state index in [0.29, 0.717) is 6.42 Å². The fourth-order valence-electron chi connectivity index (χ4n) is 1.46. The molecule has 0 fully saturated rings. The van der Waals surface area contributed by atoms with Crippen LogP contribution in [-0.4, -0.2) is 19.0 Å². The Hall–Kier alpha value is -1.98. The standard InChI is InChI=1S/C13H14F2O4/c1-3-8(16)4-5-10-11(14)6-9(7-12(10)15)19-13(17)18-2/h6-7H,3-5H2,1-2H3. The molecule has 19 heavy (non-hydrogen) atoms. The number of benzene rings is 1. The number of methoxy groups -OCH3 is 1. The summed E-state index contributed by atoms with van der Waals surface area (Å²) in [4.78, 5) is 21.9. The molecule has 0 N–H and O–H groups in total. The molecule has 0 aromatic heterocycles. The first-order valence-corrected chi connectivity index (χ1v) is 5.73. The van der Waals surface area contributed by atoms with Crippen LogP contribution in [0, 0.1) is 11.6 Å². The molecule has 0 amide bonds. The topological polar surface area (TPSA) is 52.6 Å². The summed E-state index contributed by atoms with van der Waals surface area (Å²) in [6, 6.07) is 1.76. The van der Waals surface area contributed by atoms with Gasteiger partial charge in [-0.2, -0.15) is 0 Å². The second-order valence-corrected chi connectivity index (χ2v) is 3.81. The summed E-state index contributed by atoms with van der Waals surface area (Å²) in [6.45, 7) is 1.68. The largest absolute Gasteiger partial charge is 0.513 e. The Morgan fingerprint density at radius 1 is 1.21 bits per heavy atom. The van der Waals surface area contributed by atoms with Gasteiger partial charge in [0.05, 0.1) is 7.11 Å². The lowest BCUT2D eigenvalue weighted by atomic mass is 10.1. The number of ketones is 1. The third-order valence-corrected chi connectivity index (χ3v) is 2.53. The predicted octanol–water partition coefficient (Wildman–Crippen LogP) is 3.02. The van der Waals surface area contributed by atoms with Crippen LogP contribution in [0.2, 0.25) is 0 Å². The zero-order valence-electron chi connectivity index (χ0n) is 10.7. The van der Waals surface area contributed by atoms with Crippen LogP contribution in [-0.2, 0) is 16.0 Å². The lowest BCUT2D eigenvalue weighted by Gasteiger charge is -2.07. The van der Waals surface area contributed by atoms with Gasteiger partial charge in [-0.1, -0.05) is 6.92 Å². The summed E-state index contributed by atoms with van der Waals surface area (Å²) in [5.41, 5.74) is -0.195. The fraction of sp³-hybridized carbons (Fsp3) is 0.385. The van der Waals surface area contributed by atoms with Crippen molar-refractivity contribution in [2.75, 3.05) is 7.11 Å². The monoisotopic (exact) mass is 272 g/mol. The highest BCUT2D eigenvalue weighted by molar-refractivity contribution is 5.78. The van der Waals surface area contributed by atoms with E-state index in [1.54, 1.807) is 6.92 Å². The maximum atomic E-state index is 13.6. The van der Waals surface area contributed by atoms with E-state index in [2.05, 4.69) is 9.47 Å². The minimum absolute atomic E-state index is 0.0250. The number of halogens is 2. The predicted molar refractivity (Wildman–Crippen MR) is 63.0 cm³/mol. The summed E-state index contributed by atoms with van der Waals surface area (Å²) in [5, 5.41) is 0. The van der Waals surface area contributed by atoms with Crippen LogP contribution in [0.25, 0.3) is 0 Å². The molecule has 0 saturated heterocycles. The molecule has 0 radical (unpaired) electrons. The molecule has 104 valence electrons. The number of hydrogen-bond acceptors (Lipinski definition) is 4. The number of rotatable bonds is 5. The first-order chi connectivity index (χ1) is 8.97. The smallest absolute Gasteiger partial charge is 0.437 e. The van der Waals surface area contributed by atoms with E-state index in [1.807, 2.05) is 0 Å². The highest BCUT2D eigenvalue weighted by atomic mass is 19.1. The summed E-state index contributed by atoms with van der Waals surface area (Å²) in [7, 11) is 1.08. The van der Waals surface area contributed by atoms with Crippen LogP contribution in [0.15, 0.2) is 12.1 Å². The van der Waals surface area contributed by atoms with Gasteiger partial charge in [0.2, 0.25) is 0 Å². The molecule has 1 aromatic carbocycles. The van der Waals surface area contributed by atoms with E-state index in [1.165, 1.54) is 0 Å². The highest BCUT2D eigenvalue weighted by Gasteiger charge is 2.15. The second kappa shape index (κ2) is 6.82. The molecule has 0 saturated carbocycles. The molecular formula is C13H14F2O4. The summed E-state index contributed by atoms with van der Waals surface area (Å²) in [6.07, 6.45) is -0.690. The first kappa shape index (κ1) is 15.1. The van der Waals surface area contributed by atoms with Crippen molar-refractivity contribution in [3.63, 3.8) is 0 Å². The molecule has 1 aromatic rings. The van der Waals surface area contributed by atoms with Crippen molar-refractivity contribution in [3.8, 4) is 5.75 Å². The Labute approximate surface area is 109 Å². The normalized spacial score (nSPS) is 10.1. The van der Waals surface area contributed by atoms with Crippen LogP contribution < -0.4 is 4.74 Å². The molecule has 0 unspecified atom stereocenters. The quantitative estimate of drug-likeness (QED) is 0.610. The third-order valence-electron chi connectivity index (χ3n) is 2.53. The average Bonchev–Trinajstić information content (AvgIpc) is 2.37. The van der Waals surface area contributed by atoms with Crippen molar-refractivity contribution in [2.45, 2.75) is 26.2 Å². The lowest BCUT2D eigenvalue weighted by molar-refractivity contribution is -0.118.